The average Bonchev–Trinajstić information content (AvgIpc) is 3.22. The van der Waals surface area contributed by atoms with Crippen molar-refractivity contribution in [3.05, 3.63) is 5.82 Å². The summed E-state index contributed by atoms with van der Waals surface area (Å²) in [4.78, 5) is 4.95. The molecule has 130 valence electrons. The molecule has 2 unspecified atom stereocenters. The molecule has 1 aromatic rings. The third-order valence-corrected chi connectivity index (χ3v) is 5.07. The quantitative estimate of drug-likeness (QED) is 0.755. The first-order valence-electron chi connectivity index (χ1n) is 9.08. The molecule has 3 heterocycles. The van der Waals surface area contributed by atoms with E-state index in [1.54, 1.807) is 0 Å². The highest BCUT2D eigenvalue weighted by atomic mass is 16.5. The predicted molar refractivity (Wildman–Crippen MR) is 88.1 cm³/mol. The van der Waals surface area contributed by atoms with Crippen molar-refractivity contribution in [3.8, 4) is 0 Å². The van der Waals surface area contributed by atoms with E-state index in [0.717, 1.165) is 64.4 Å². The van der Waals surface area contributed by atoms with Crippen molar-refractivity contribution < 1.29 is 4.74 Å². The topological polar surface area (TPSA) is 59.3 Å². The monoisotopic (exact) mass is 322 g/mol. The minimum absolute atomic E-state index is 0.275. The van der Waals surface area contributed by atoms with Crippen molar-refractivity contribution in [3.63, 3.8) is 0 Å². The van der Waals surface area contributed by atoms with Crippen LogP contribution in [0.4, 0.5) is 0 Å². The number of likely N-dealkylation sites (N-methyl/N-ethyl adjacent to an activating group) is 1. The van der Waals surface area contributed by atoms with Gasteiger partial charge in [0.1, 0.15) is 0 Å². The summed E-state index contributed by atoms with van der Waals surface area (Å²) >= 11 is 0. The normalized spacial score (nSPS) is 25.0. The molecule has 2 saturated heterocycles. The van der Waals surface area contributed by atoms with Gasteiger partial charge in [-0.2, -0.15) is 0 Å². The Morgan fingerprint density at radius 1 is 1.26 bits per heavy atom. The van der Waals surface area contributed by atoms with Crippen LogP contribution in [0.15, 0.2) is 0 Å². The average molecular weight is 322 g/mol. The summed E-state index contributed by atoms with van der Waals surface area (Å²) in [6.45, 7) is 8.34. The molecule has 7 heteroatoms. The maximum Gasteiger partial charge on any atom is 0.168 e. The molecule has 3 rings (SSSR count). The first kappa shape index (κ1) is 16.8. The molecule has 0 saturated carbocycles. The van der Waals surface area contributed by atoms with Crippen molar-refractivity contribution >= 4 is 0 Å². The van der Waals surface area contributed by atoms with Gasteiger partial charge in [0, 0.05) is 32.8 Å². The van der Waals surface area contributed by atoms with Crippen molar-refractivity contribution in [1.29, 1.82) is 0 Å². The Labute approximate surface area is 139 Å². The van der Waals surface area contributed by atoms with Gasteiger partial charge in [0.25, 0.3) is 0 Å². The molecule has 0 amide bonds. The standard InChI is InChI=1S/C16H30N6O/c1-3-4-7-15(21-10-8-20(2)9-11-21)16-17-18-19-22(16)13-14-6-5-12-23-14/h14-15H,3-13H2,1-2H3. The van der Waals surface area contributed by atoms with E-state index in [1.807, 2.05) is 4.68 Å². The summed E-state index contributed by atoms with van der Waals surface area (Å²) in [7, 11) is 2.19. The van der Waals surface area contributed by atoms with E-state index >= 15 is 0 Å². The molecule has 0 radical (unpaired) electrons. The molecule has 1 aromatic heterocycles. The first-order chi connectivity index (χ1) is 11.3. The molecule has 0 aliphatic carbocycles. The second kappa shape index (κ2) is 8.17. The van der Waals surface area contributed by atoms with E-state index in [0.29, 0.717) is 6.04 Å². The van der Waals surface area contributed by atoms with Crippen LogP contribution in [0.1, 0.15) is 50.9 Å². The molecule has 2 aliphatic heterocycles. The second-order valence-electron chi connectivity index (χ2n) is 6.85. The van der Waals surface area contributed by atoms with Crippen molar-refractivity contribution in [1.82, 2.24) is 30.0 Å². The Kier molecular flexibility index (Phi) is 5.96. The van der Waals surface area contributed by atoms with Crippen LogP contribution in [0.2, 0.25) is 0 Å². The van der Waals surface area contributed by atoms with E-state index in [-0.39, 0.29) is 6.10 Å². The number of tetrazole rings is 1. The number of piperazine rings is 1. The number of rotatable bonds is 7. The zero-order valence-corrected chi connectivity index (χ0v) is 14.5. The number of aromatic nitrogens is 4. The summed E-state index contributed by atoms with van der Waals surface area (Å²) in [6, 6.07) is 0.333. The first-order valence-corrected chi connectivity index (χ1v) is 9.08. The minimum Gasteiger partial charge on any atom is -0.376 e. The van der Waals surface area contributed by atoms with E-state index in [2.05, 4.69) is 39.3 Å². The van der Waals surface area contributed by atoms with Gasteiger partial charge in [-0.15, -0.1) is 5.10 Å². The van der Waals surface area contributed by atoms with Gasteiger partial charge >= 0.3 is 0 Å². The maximum absolute atomic E-state index is 5.77. The summed E-state index contributed by atoms with van der Waals surface area (Å²) in [5.41, 5.74) is 0. The van der Waals surface area contributed by atoms with Crippen LogP contribution in [-0.2, 0) is 11.3 Å². The lowest BCUT2D eigenvalue weighted by Gasteiger charge is -2.37. The molecule has 0 bridgehead atoms. The Bertz CT molecular complexity index is 465. The van der Waals surface area contributed by atoms with Crippen LogP contribution in [-0.4, -0.2) is 75.9 Å². The lowest BCUT2D eigenvalue weighted by atomic mass is 10.1. The van der Waals surface area contributed by atoms with Gasteiger partial charge in [-0.3, -0.25) is 4.90 Å². The van der Waals surface area contributed by atoms with E-state index < -0.39 is 0 Å². The number of hydrogen-bond donors (Lipinski definition) is 0. The molecule has 7 nitrogen and oxygen atoms in total. The Balaban J connectivity index is 1.72. The van der Waals surface area contributed by atoms with Crippen molar-refractivity contribution in [2.45, 2.75) is 57.7 Å². The zero-order chi connectivity index (χ0) is 16.1. The third kappa shape index (κ3) is 4.28. The molecule has 23 heavy (non-hydrogen) atoms. The van der Waals surface area contributed by atoms with Crippen LogP contribution in [0.5, 0.6) is 0 Å². The lowest BCUT2D eigenvalue weighted by molar-refractivity contribution is 0.0814. The van der Waals surface area contributed by atoms with E-state index in [4.69, 9.17) is 4.74 Å². The molecule has 0 aromatic carbocycles. The largest absolute Gasteiger partial charge is 0.376 e. The number of hydrogen-bond acceptors (Lipinski definition) is 6. The van der Waals surface area contributed by atoms with Gasteiger partial charge in [0.2, 0.25) is 0 Å². The van der Waals surface area contributed by atoms with Gasteiger partial charge < -0.3 is 9.64 Å². The molecule has 2 fully saturated rings. The van der Waals surface area contributed by atoms with Gasteiger partial charge in [-0.25, -0.2) is 4.68 Å². The number of nitrogens with zero attached hydrogens (tertiary/aromatic N) is 6. The maximum atomic E-state index is 5.77. The van der Waals surface area contributed by atoms with Crippen LogP contribution in [0.25, 0.3) is 0 Å². The second-order valence-corrected chi connectivity index (χ2v) is 6.85. The molecular weight excluding hydrogens is 292 g/mol. The van der Waals surface area contributed by atoms with Gasteiger partial charge in [0.05, 0.1) is 18.7 Å². The fraction of sp³-hybridized carbons (Fsp3) is 0.938. The molecule has 0 N–H and O–H groups in total. The van der Waals surface area contributed by atoms with Crippen LogP contribution in [0.3, 0.4) is 0 Å². The molecule has 2 atom stereocenters. The summed E-state index contributed by atoms with van der Waals surface area (Å²) in [6.07, 6.45) is 6.09. The number of ether oxygens (including phenoxy) is 1. The Morgan fingerprint density at radius 3 is 2.78 bits per heavy atom. The molecular formula is C16H30N6O. The van der Waals surface area contributed by atoms with Crippen molar-refractivity contribution in [2.75, 3.05) is 39.8 Å². The highest BCUT2D eigenvalue weighted by Crippen LogP contribution is 2.26. The minimum atomic E-state index is 0.275. The zero-order valence-electron chi connectivity index (χ0n) is 14.5. The highest BCUT2D eigenvalue weighted by molar-refractivity contribution is 4.95. The van der Waals surface area contributed by atoms with Crippen LogP contribution >= 0.6 is 0 Å². The fourth-order valence-electron chi connectivity index (χ4n) is 3.57. The predicted octanol–water partition coefficient (Wildman–Crippen LogP) is 1.33. The van der Waals surface area contributed by atoms with Gasteiger partial charge in [0.15, 0.2) is 5.82 Å². The molecule has 0 spiro atoms. The lowest BCUT2D eigenvalue weighted by Crippen LogP contribution is -2.46. The van der Waals surface area contributed by atoms with E-state index in [1.165, 1.54) is 12.8 Å². The van der Waals surface area contributed by atoms with E-state index in [9.17, 15) is 0 Å². The number of unbranched alkanes of at least 4 members (excludes halogenated alkanes) is 1. The van der Waals surface area contributed by atoms with Gasteiger partial charge in [-0.1, -0.05) is 19.8 Å². The highest BCUT2D eigenvalue weighted by Gasteiger charge is 2.29. The van der Waals surface area contributed by atoms with Crippen molar-refractivity contribution in [2.24, 2.45) is 0 Å². The summed E-state index contributed by atoms with van der Waals surface area (Å²) in [5.74, 6) is 1.03. The Hall–Kier alpha value is -1.05. The van der Waals surface area contributed by atoms with Gasteiger partial charge in [-0.05, 0) is 36.7 Å². The summed E-state index contributed by atoms with van der Waals surface area (Å²) in [5, 5.41) is 12.6. The van der Waals surface area contributed by atoms with Crippen LogP contribution < -0.4 is 0 Å². The summed E-state index contributed by atoms with van der Waals surface area (Å²) < 4.78 is 7.76. The molecule has 2 aliphatic rings. The third-order valence-electron chi connectivity index (χ3n) is 5.07. The van der Waals surface area contributed by atoms with Crippen LogP contribution in [0, 0.1) is 0 Å². The smallest absolute Gasteiger partial charge is 0.168 e. The fourth-order valence-corrected chi connectivity index (χ4v) is 3.57. The Morgan fingerprint density at radius 2 is 2.09 bits per heavy atom. The SMILES string of the molecule is CCCCC(c1nnnn1CC1CCCO1)N1CCN(C)CC1.